The van der Waals surface area contributed by atoms with E-state index >= 15 is 0 Å². The van der Waals surface area contributed by atoms with Gasteiger partial charge in [0.05, 0.1) is 17.9 Å². The smallest absolute Gasteiger partial charge is 0.407 e. The van der Waals surface area contributed by atoms with E-state index in [-0.39, 0.29) is 19.5 Å². The second kappa shape index (κ2) is 11.4. The van der Waals surface area contributed by atoms with Gasteiger partial charge in [0.15, 0.2) is 0 Å². The first-order valence-electron chi connectivity index (χ1n) is 11.4. The lowest BCUT2D eigenvalue weighted by atomic mass is 10.0. The predicted molar refractivity (Wildman–Crippen MR) is 132 cm³/mol. The number of alkyl carbamates (subject to hydrolysis) is 1. The van der Waals surface area contributed by atoms with Gasteiger partial charge in [0, 0.05) is 24.1 Å². The predicted octanol–water partition coefficient (Wildman–Crippen LogP) is 2.82. The minimum Gasteiger partial charge on any atom is -0.444 e. The molecular formula is C26H30N4O5. The number of benzodiazepines with no additional fused rings is 1. The molecule has 0 aromatic heterocycles. The van der Waals surface area contributed by atoms with Crippen LogP contribution in [0.15, 0.2) is 59.6 Å². The first-order valence-corrected chi connectivity index (χ1v) is 11.4. The Bertz CT molecular complexity index is 1110. The topological polar surface area (TPSA) is 117 Å². The Morgan fingerprint density at radius 2 is 1.77 bits per heavy atom. The van der Waals surface area contributed by atoms with E-state index in [1.807, 2.05) is 42.5 Å². The SMILES string of the molecule is CC(C)(C)OC(=O)NCCCC(=O)NC1N=C(c2ccccc2)c2ccccc2N(CC=O)C1=O. The maximum absolute atomic E-state index is 13.3. The van der Waals surface area contributed by atoms with Gasteiger partial charge in [-0.15, -0.1) is 0 Å². The Balaban J connectivity index is 1.77. The van der Waals surface area contributed by atoms with Crippen LogP contribution in [0.2, 0.25) is 0 Å². The molecule has 1 aliphatic heterocycles. The second-order valence-electron chi connectivity index (χ2n) is 8.98. The Morgan fingerprint density at radius 1 is 1.09 bits per heavy atom. The number of fused-ring (bicyclic) bond motifs is 1. The van der Waals surface area contributed by atoms with Crippen LogP contribution in [-0.2, 0) is 19.1 Å². The number of para-hydroxylation sites is 1. The number of carbonyl (C=O) groups is 4. The fourth-order valence-electron chi connectivity index (χ4n) is 3.59. The van der Waals surface area contributed by atoms with Crippen molar-refractivity contribution in [3.05, 3.63) is 65.7 Å². The molecule has 0 fully saturated rings. The molecule has 0 saturated heterocycles. The fraction of sp³-hybridized carbons (Fsp3) is 0.346. The normalized spacial score (nSPS) is 15.4. The van der Waals surface area contributed by atoms with Gasteiger partial charge in [-0.2, -0.15) is 0 Å². The summed E-state index contributed by atoms with van der Waals surface area (Å²) in [6, 6.07) is 16.5. The zero-order chi connectivity index (χ0) is 25.4. The van der Waals surface area contributed by atoms with E-state index in [1.165, 1.54) is 4.90 Å². The van der Waals surface area contributed by atoms with Crippen LogP contribution in [0.5, 0.6) is 0 Å². The lowest BCUT2D eigenvalue weighted by Gasteiger charge is -2.23. The summed E-state index contributed by atoms with van der Waals surface area (Å²) >= 11 is 0. The highest BCUT2D eigenvalue weighted by molar-refractivity contribution is 6.20. The minimum atomic E-state index is -1.20. The molecule has 0 aliphatic carbocycles. The number of rotatable bonds is 8. The minimum absolute atomic E-state index is 0.0659. The van der Waals surface area contributed by atoms with E-state index < -0.39 is 29.7 Å². The molecule has 9 nitrogen and oxygen atoms in total. The number of nitrogens with zero attached hydrogens (tertiary/aromatic N) is 2. The number of aldehydes is 1. The largest absolute Gasteiger partial charge is 0.444 e. The van der Waals surface area contributed by atoms with E-state index in [0.29, 0.717) is 29.7 Å². The third kappa shape index (κ3) is 6.99. The molecule has 184 valence electrons. The van der Waals surface area contributed by atoms with Gasteiger partial charge in [-0.05, 0) is 33.3 Å². The maximum atomic E-state index is 13.3. The summed E-state index contributed by atoms with van der Waals surface area (Å²) in [4.78, 5) is 55.1. The van der Waals surface area contributed by atoms with Gasteiger partial charge in [0.1, 0.15) is 11.9 Å². The van der Waals surface area contributed by atoms with E-state index in [1.54, 1.807) is 32.9 Å². The molecule has 1 unspecified atom stereocenters. The van der Waals surface area contributed by atoms with Crippen LogP contribution in [0.1, 0.15) is 44.7 Å². The molecule has 1 aliphatic rings. The van der Waals surface area contributed by atoms with Crippen molar-refractivity contribution >= 4 is 35.6 Å². The van der Waals surface area contributed by atoms with Crippen LogP contribution in [0.4, 0.5) is 10.5 Å². The van der Waals surface area contributed by atoms with Crippen LogP contribution in [0.3, 0.4) is 0 Å². The molecule has 2 N–H and O–H groups in total. The molecule has 2 aromatic carbocycles. The van der Waals surface area contributed by atoms with Crippen molar-refractivity contribution in [2.75, 3.05) is 18.0 Å². The summed E-state index contributed by atoms with van der Waals surface area (Å²) in [7, 11) is 0. The highest BCUT2D eigenvalue weighted by Gasteiger charge is 2.32. The van der Waals surface area contributed by atoms with Gasteiger partial charge in [-0.3, -0.25) is 9.59 Å². The standard InChI is InChI=1S/C26H30N4O5/c1-26(2,3)35-25(34)27-15-9-14-21(32)28-23-24(33)30(16-17-31)20-13-8-7-12-19(20)22(29-23)18-10-5-4-6-11-18/h4-8,10-13,17,23H,9,14-16H2,1-3H3,(H,27,34)(H,28,32). The van der Waals surface area contributed by atoms with Gasteiger partial charge < -0.3 is 25.1 Å². The summed E-state index contributed by atoms with van der Waals surface area (Å²) in [5.41, 5.74) is 1.94. The quantitative estimate of drug-likeness (QED) is 0.447. The van der Waals surface area contributed by atoms with Crippen LogP contribution < -0.4 is 15.5 Å². The average molecular weight is 479 g/mol. The molecule has 2 aromatic rings. The number of hydrogen-bond acceptors (Lipinski definition) is 6. The first-order chi connectivity index (χ1) is 16.7. The fourth-order valence-corrected chi connectivity index (χ4v) is 3.59. The van der Waals surface area contributed by atoms with Gasteiger partial charge in [0.25, 0.3) is 5.91 Å². The third-order valence-corrected chi connectivity index (χ3v) is 5.06. The molecule has 0 saturated carbocycles. The maximum Gasteiger partial charge on any atom is 0.407 e. The average Bonchev–Trinajstić information content (AvgIpc) is 2.92. The van der Waals surface area contributed by atoms with Crippen molar-refractivity contribution in [1.82, 2.24) is 10.6 Å². The molecule has 1 atom stereocenters. The molecule has 0 spiro atoms. The highest BCUT2D eigenvalue weighted by atomic mass is 16.6. The number of aliphatic imine (C=N–C) groups is 1. The molecule has 1 heterocycles. The van der Waals surface area contributed by atoms with Crippen molar-refractivity contribution in [1.29, 1.82) is 0 Å². The van der Waals surface area contributed by atoms with Gasteiger partial charge >= 0.3 is 6.09 Å². The van der Waals surface area contributed by atoms with Crippen molar-refractivity contribution in [2.45, 2.75) is 45.4 Å². The number of anilines is 1. The summed E-state index contributed by atoms with van der Waals surface area (Å²) < 4.78 is 5.17. The number of amides is 3. The summed E-state index contributed by atoms with van der Waals surface area (Å²) in [5, 5.41) is 5.28. The monoisotopic (exact) mass is 478 g/mol. The molecule has 0 radical (unpaired) electrons. The molecule has 3 amide bonds. The Kier molecular flexibility index (Phi) is 8.35. The van der Waals surface area contributed by atoms with Crippen molar-refractivity contribution in [2.24, 2.45) is 4.99 Å². The highest BCUT2D eigenvalue weighted by Crippen LogP contribution is 2.27. The molecule has 3 rings (SSSR count). The number of carbonyl (C=O) groups excluding carboxylic acids is 4. The Labute approximate surface area is 204 Å². The van der Waals surface area contributed by atoms with E-state index in [4.69, 9.17) is 4.74 Å². The van der Waals surface area contributed by atoms with Crippen LogP contribution in [0.25, 0.3) is 0 Å². The molecule has 35 heavy (non-hydrogen) atoms. The molecule has 9 heteroatoms. The number of ether oxygens (including phenoxy) is 1. The molecule has 0 bridgehead atoms. The van der Waals surface area contributed by atoms with E-state index in [0.717, 1.165) is 5.56 Å². The Morgan fingerprint density at radius 3 is 2.46 bits per heavy atom. The van der Waals surface area contributed by atoms with Crippen LogP contribution in [0, 0.1) is 0 Å². The lowest BCUT2D eigenvalue weighted by molar-refractivity contribution is -0.127. The first kappa shape index (κ1) is 25.6. The van der Waals surface area contributed by atoms with Crippen molar-refractivity contribution in [3.63, 3.8) is 0 Å². The Hall–Kier alpha value is -4.01. The van der Waals surface area contributed by atoms with Gasteiger partial charge in [0.2, 0.25) is 12.1 Å². The van der Waals surface area contributed by atoms with Crippen LogP contribution in [-0.4, -0.2) is 54.8 Å². The van der Waals surface area contributed by atoms with Gasteiger partial charge in [-0.1, -0.05) is 48.5 Å². The summed E-state index contributed by atoms with van der Waals surface area (Å²) in [5.74, 6) is -0.904. The zero-order valence-corrected chi connectivity index (χ0v) is 20.1. The van der Waals surface area contributed by atoms with Crippen molar-refractivity contribution < 1.29 is 23.9 Å². The zero-order valence-electron chi connectivity index (χ0n) is 20.1. The number of hydrogen-bond donors (Lipinski definition) is 2. The third-order valence-electron chi connectivity index (χ3n) is 5.06. The van der Waals surface area contributed by atoms with E-state index in [9.17, 15) is 19.2 Å². The lowest BCUT2D eigenvalue weighted by Crippen LogP contribution is -2.48. The summed E-state index contributed by atoms with van der Waals surface area (Å²) in [6.07, 6.45) is -0.709. The van der Waals surface area contributed by atoms with Crippen LogP contribution >= 0.6 is 0 Å². The number of benzene rings is 2. The van der Waals surface area contributed by atoms with Gasteiger partial charge in [-0.25, -0.2) is 9.79 Å². The van der Waals surface area contributed by atoms with E-state index in [2.05, 4.69) is 15.6 Å². The number of nitrogens with one attached hydrogen (secondary N) is 2. The van der Waals surface area contributed by atoms with Crippen molar-refractivity contribution in [3.8, 4) is 0 Å². The second-order valence-corrected chi connectivity index (χ2v) is 8.98. The molecular weight excluding hydrogens is 448 g/mol. The summed E-state index contributed by atoms with van der Waals surface area (Å²) in [6.45, 7) is 5.36.